The maximum Gasteiger partial charge on any atom is 0.251 e. The molecule has 4 aromatic rings. The number of rotatable bonds is 5. The van der Waals surface area contributed by atoms with Crippen LogP contribution >= 0.6 is 11.6 Å². The van der Waals surface area contributed by atoms with Gasteiger partial charge in [0.05, 0.1) is 17.9 Å². The predicted octanol–water partition coefficient (Wildman–Crippen LogP) is 6.17. The molecule has 1 amide bonds. The van der Waals surface area contributed by atoms with Crippen LogP contribution in [-0.2, 0) is 6.54 Å². The SMILES string of the molecule is O=C(NCc1c(-c2ccc(C3CCCCC3)cc2)nc2ccc(Cl)nn12)c1ccc(F)cc1. The molecule has 2 aromatic carbocycles. The first kappa shape index (κ1) is 21.6. The minimum atomic E-state index is -0.383. The van der Waals surface area contributed by atoms with Crippen LogP contribution in [0.1, 0.15) is 59.6 Å². The van der Waals surface area contributed by atoms with Gasteiger partial charge in [-0.2, -0.15) is 5.10 Å². The molecule has 0 saturated heterocycles. The van der Waals surface area contributed by atoms with Gasteiger partial charge in [0.2, 0.25) is 0 Å². The van der Waals surface area contributed by atoms with Gasteiger partial charge in [0.15, 0.2) is 5.65 Å². The molecule has 1 N–H and O–H groups in total. The Bertz CT molecular complexity index is 1280. The van der Waals surface area contributed by atoms with Crippen molar-refractivity contribution in [1.29, 1.82) is 0 Å². The fourth-order valence-corrected chi connectivity index (χ4v) is 4.70. The number of imidazole rings is 1. The highest BCUT2D eigenvalue weighted by atomic mass is 35.5. The quantitative estimate of drug-likeness (QED) is 0.386. The number of carbonyl (C=O) groups is 1. The van der Waals surface area contributed by atoms with Gasteiger partial charge in [-0.3, -0.25) is 4.79 Å². The van der Waals surface area contributed by atoms with Crippen molar-refractivity contribution < 1.29 is 9.18 Å². The lowest BCUT2D eigenvalue weighted by Crippen LogP contribution is -2.24. The second-order valence-electron chi connectivity index (χ2n) is 8.48. The molecule has 1 saturated carbocycles. The van der Waals surface area contributed by atoms with E-state index in [9.17, 15) is 9.18 Å². The van der Waals surface area contributed by atoms with Gasteiger partial charge in [0.25, 0.3) is 5.91 Å². The maximum absolute atomic E-state index is 13.2. The Kier molecular flexibility index (Phi) is 6.09. The molecule has 5 rings (SSSR count). The topological polar surface area (TPSA) is 59.3 Å². The second kappa shape index (κ2) is 9.32. The van der Waals surface area contributed by atoms with Crippen molar-refractivity contribution >= 4 is 23.2 Å². The van der Waals surface area contributed by atoms with Gasteiger partial charge in [-0.1, -0.05) is 55.1 Å². The number of carbonyl (C=O) groups excluding carboxylic acids is 1. The van der Waals surface area contributed by atoms with Crippen LogP contribution in [0.2, 0.25) is 5.15 Å². The van der Waals surface area contributed by atoms with E-state index in [2.05, 4.69) is 34.7 Å². The summed E-state index contributed by atoms with van der Waals surface area (Å²) in [5.74, 6) is -0.0551. The standard InChI is InChI=1S/C26H24ClFN4O/c27-23-14-15-24-30-25(19-8-6-18(7-9-19)17-4-2-1-3-5-17)22(32(24)31-23)16-29-26(33)20-10-12-21(28)13-11-20/h6-15,17H,1-5,16H2,(H,29,33). The Hall–Kier alpha value is -3.25. The predicted molar refractivity (Wildman–Crippen MR) is 127 cm³/mol. The van der Waals surface area contributed by atoms with E-state index in [1.54, 1.807) is 16.6 Å². The van der Waals surface area contributed by atoms with Crippen molar-refractivity contribution in [2.45, 2.75) is 44.6 Å². The van der Waals surface area contributed by atoms with Crippen LogP contribution in [0, 0.1) is 5.82 Å². The van der Waals surface area contributed by atoms with Crippen molar-refractivity contribution in [3.8, 4) is 11.3 Å². The molecule has 0 atom stereocenters. The average molecular weight is 463 g/mol. The molecule has 2 heterocycles. The molecule has 0 aliphatic heterocycles. The van der Waals surface area contributed by atoms with Gasteiger partial charge in [-0.25, -0.2) is 13.9 Å². The largest absolute Gasteiger partial charge is 0.346 e. The fourth-order valence-electron chi connectivity index (χ4n) is 4.56. The van der Waals surface area contributed by atoms with E-state index in [0.29, 0.717) is 22.3 Å². The van der Waals surface area contributed by atoms with Gasteiger partial charge in [-0.05, 0) is 60.7 Å². The fraction of sp³-hybridized carbons (Fsp3) is 0.269. The van der Waals surface area contributed by atoms with Gasteiger partial charge in [-0.15, -0.1) is 0 Å². The summed E-state index contributed by atoms with van der Waals surface area (Å²) in [5, 5.41) is 7.63. The van der Waals surface area contributed by atoms with E-state index < -0.39 is 0 Å². The molecule has 2 aromatic heterocycles. The Labute approximate surface area is 196 Å². The molecule has 33 heavy (non-hydrogen) atoms. The zero-order chi connectivity index (χ0) is 22.8. The van der Waals surface area contributed by atoms with Crippen molar-refractivity contribution in [2.24, 2.45) is 0 Å². The first-order chi connectivity index (χ1) is 16.1. The lowest BCUT2D eigenvalue weighted by atomic mass is 9.84. The molecule has 1 aliphatic rings. The number of amides is 1. The monoisotopic (exact) mass is 462 g/mol. The molecule has 1 fully saturated rings. The Balaban J connectivity index is 1.45. The summed E-state index contributed by atoms with van der Waals surface area (Å²) in [6, 6.07) is 17.5. The third-order valence-corrected chi connectivity index (χ3v) is 6.52. The third kappa shape index (κ3) is 4.62. The van der Waals surface area contributed by atoms with Gasteiger partial charge in [0.1, 0.15) is 11.0 Å². The van der Waals surface area contributed by atoms with Crippen molar-refractivity contribution in [3.05, 3.63) is 88.5 Å². The number of hydrogen-bond acceptors (Lipinski definition) is 3. The van der Waals surface area contributed by atoms with Crippen molar-refractivity contribution in [3.63, 3.8) is 0 Å². The number of hydrogen-bond donors (Lipinski definition) is 1. The van der Waals surface area contributed by atoms with Gasteiger partial charge < -0.3 is 5.32 Å². The molecule has 0 radical (unpaired) electrons. The molecule has 1 aliphatic carbocycles. The van der Waals surface area contributed by atoms with Gasteiger partial charge >= 0.3 is 0 Å². The van der Waals surface area contributed by atoms with Crippen LogP contribution in [-0.4, -0.2) is 20.5 Å². The molecular weight excluding hydrogens is 439 g/mol. The molecule has 7 heteroatoms. The van der Waals surface area contributed by atoms with E-state index in [1.807, 2.05) is 0 Å². The number of fused-ring (bicyclic) bond motifs is 1. The molecule has 0 spiro atoms. The maximum atomic E-state index is 13.2. The normalized spacial score (nSPS) is 14.5. The summed E-state index contributed by atoms with van der Waals surface area (Å²) in [6.45, 7) is 0.199. The molecular formula is C26H24ClFN4O. The summed E-state index contributed by atoms with van der Waals surface area (Å²) < 4.78 is 14.9. The van der Waals surface area contributed by atoms with Crippen LogP contribution in [0.3, 0.4) is 0 Å². The Morgan fingerprint density at radius 3 is 2.45 bits per heavy atom. The molecule has 0 bridgehead atoms. The van der Waals surface area contributed by atoms with Crippen LogP contribution < -0.4 is 5.32 Å². The number of halogens is 2. The summed E-state index contributed by atoms with van der Waals surface area (Å²) in [4.78, 5) is 17.4. The highest BCUT2D eigenvalue weighted by molar-refractivity contribution is 6.29. The minimum Gasteiger partial charge on any atom is -0.346 e. The van der Waals surface area contributed by atoms with E-state index in [4.69, 9.17) is 16.6 Å². The van der Waals surface area contributed by atoms with Crippen molar-refractivity contribution in [1.82, 2.24) is 19.9 Å². The number of nitrogens with one attached hydrogen (secondary N) is 1. The Morgan fingerprint density at radius 2 is 1.73 bits per heavy atom. The Morgan fingerprint density at radius 1 is 1.00 bits per heavy atom. The van der Waals surface area contributed by atoms with Gasteiger partial charge in [0, 0.05) is 11.1 Å². The van der Waals surface area contributed by atoms with E-state index in [-0.39, 0.29) is 18.3 Å². The lowest BCUT2D eigenvalue weighted by Gasteiger charge is -2.22. The number of nitrogens with zero attached hydrogens (tertiary/aromatic N) is 3. The second-order valence-corrected chi connectivity index (χ2v) is 8.87. The highest BCUT2D eigenvalue weighted by Crippen LogP contribution is 2.34. The zero-order valence-electron chi connectivity index (χ0n) is 18.1. The summed E-state index contributed by atoms with van der Waals surface area (Å²) >= 11 is 6.14. The number of aromatic nitrogens is 3. The van der Waals surface area contributed by atoms with Crippen LogP contribution in [0.5, 0.6) is 0 Å². The van der Waals surface area contributed by atoms with E-state index >= 15 is 0 Å². The lowest BCUT2D eigenvalue weighted by molar-refractivity contribution is 0.0950. The molecule has 0 unspecified atom stereocenters. The third-order valence-electron chi connectivity index (χ3n) is 6.32. The summed E-state index contributed by atoms with van der Waals surface area (Å²) in [7, 11) is 0. The molecule has 168 valence electrons. The van der Waals surface area contributed by atoms with Crippen LogP contribution in [0.4, 0.5) is 4.39 Å². The zero-order valence-corrected chi connectivity index (χ0v) is 18.9. The average Bonchev–Trinajstić information content (AvgIpc) is 3.21. The first-order valence-electron chi connectivity index (χ1n) is 11.3. The van der Waals surface area contributed by atoms with Crippen molar-refractivity contribution in [2.75, 3.05) is 0 Å². The van der Waals surface area contributed by atoms with Crippen LogP contribution in [0.15, 0.2) is 60.7 Å². The smallest absolute Gasteiger partial charge is 0.251 e. The summed E-state index contributed by atoms with van der Waals surface area (Å²) in [6.07, 6.45) is 6.42. The molecule has 5 nitrogen and oxygen atoms in total. The first-order valence-corrected chi connectivity index (χ1v) is 11.6. The summed E-state index contributed by atoms with van der Waals surface area (Å²) in [5.41, 5.74) is 4.84. The van der Waals surface area contributed by atoms with E-state index in [1.165, 1.54) is 61.9 Å². The van der Waals surface area contributed by atoms with E-state index in [0.717, 1.165) is 17.0 Å². The van der Waals surface area contributed by atoms with Crippen LogP contribution in [0.25, 0.3) is 16.9 Å². The highest BCUT2D eigenvalue weighted by Gasteiger charge is 2.19. The number of benzene rings is 2. The minimum absolute atomic E-state index is 0.199.